The summed E-state index contributed by atoms with van der Waals surface area (Å²) in [5.41, 5.74) is 4.20. The first-order valence-corrected chi connectivity index (χ1v) is 11.3. The lowest BCUT2D eigenvalue weighted by Crippen LogP contribution is -2.29. The maximum Gasteiger partial charge on any atom is 0.170 e. The minimum Gasteiger partial charge on any atom is -0.459 e. The number of nitrogens with one attached hydrogen (secondary N) is 1. The van der Waals surface area contributed by atoms with Crippen LogP contribution in [0, 0.1) is 6.92 Å². The number of halogens is 1. The van der Waals surface area contributed by atoms with Crippen LogP contribution in [0.15, 0.2) is 89.5 Å². The van der Waals surface area contributed by atoms with E-state index in [0.29, 0.717) is 16.7 Å². The summed E-state index contributed by atoms with van der Waals surface area (Å²) in [6.07, 6.45) is 1.81. The first-order chi connectivity index (χ1) is 15.6. The molecule has 160 valence electrons. The molecule has 5 rings (SSSR count). The Morgan fingerprint density at radius 1 is 1.03 bits per heavy atom. The topological polar surface area (TPSA) is 41.3 Å². The SMILES string of the molecule is Cc1ccc(Cl)cc1-c1ccc([C@H]2[C@H](c3ccccn3)NC(=S)N2Cc2ccccc2)o1. The lowest BCUT2D eigenvalue weighted by atomic mass is 10.0. The van der Waals surface area contributed by atoms with Crippen molar-refractivity contribution < 1.29 is 4.42 Å². The molecule has 0 saturated carbocycles. The minimum atomic E-state index is -0.133. The third-order valence-electron chi connectivity index (χ3n) is 5.78. The minimum absolute atomic E-state index is 0.119. The maximum atomic E-state index is 6.43. The van der Waals surface area contributed by atoms with Crippen molar-refractivity contribution >= 4 is 28.9 Å². The fourth-order valence-electron chi connectivity index (χ4n) is 4.18. The molecule has 1 N–H and O–H groups in total. The zero-order valence-electron chi connectivity index (χ0n) is 17.5. The van der Waals surface area contributed by atoms with Gasteiger partial charge < -0.3 is 14.6 Å². The molecule has 2 aromatic carbocycles. The van der Waals surface area contributed by atoms with Gasteiger partial charge in [-0.3, -0.25) is 4.98 Å². The Bertz CT molecular complexity index is 1240. The number of hydrogen-bond acceptors (Lipinski definition) is 3. The van der Waals surface area contributed by atoms with Gasteiger partial charge in [-0.25, -0.2) is 0 Å². The molecular weight excluding hydrogens is 438 g/mol. The van der Waals surface area contributed by atoms with Gasteiger partial charge in [-0.05, 0) is 66.7 Å². The molecule has 0 radical (unpaired) electrons. The van der Waals surface area contributed by atoms with Gasteiger partial charge in [0.25, 0.3) is 0 Å². The molecule has 2 aromatic heterocycles. The third kappa shape index (κ3) is 4.01. The van der Waals surface area contributed by atoms with Crippen molar-refractivity contribution in [3.63, 3.8) is 0 Å². The molecule has 6 heteroatoms. The monoisotopic (exact) mass is 459 g/mol. The zero-order chi connectivity index (χ0) is 22.1. The Hall–Kier alpha value is -3.15. The summed E-state index contributed by atoms with van der Waals surface area (Å²) in [6, 6.07) is 25.9. The van der Waals surface area contributed by atoms with Crippen molar-refractivity contribution in [2.45, 2.75) is 25.6 Å². The molecule has 32 heavy (non-hydrogen) atoms. The van der Waals surface area contributed by atoms with Gasteiger partial charge in [0.2, 0.25) is 0 Å². The van der Waals surface area contributed by atoms with Crippen molar-refractivity contribution in [2.24, 2.45) is 0 Å². The number of thiocarbonyl (C=S) groups is 1. The Balaban J connectivity index is 1.56. The summed E-state index contributed by atoms with van der Waals surface area (Å²) in [6.45, 7) is 2.73. The van der Waals surface area contributed by atoms with E-state index in [9.17, 15) is 0 Å². The van der Waals surface area contributed by atoms with E-state index >= 15 is 0 Å². The highest BCUT2D eigenvalue weighted by Gasteiger charge is 2.41. The molecule has 0 aliphatic carbocycles. The van der Waals surface area contributed by atoms with Gasteiger partial charge >= 0.3 is 0 Å². The van der Waals surface area contributed by atoms with Crippen molar-refractivity contribution in [1.82, 2.24) is 15.2 Å². The molecule has 0 amide bonds. The highest BCUT2D eigenvalue weighted by Crippen LogP contribution is 2.41. The number of rotatable bonds is 5. The van der Waals surface area contributed by atoms with Gasteiger partial charge in [0, 0.05) is 23.3 Å². The molecule has 4 nitrogen and oxygen atoms in total. The molecule has 0 spiro atoms. The van der Waals surface area contributed by atoms with Gasteiger partial charge in [0.05, 0.1) is 11.7 Å². The molecular formula is C26H22ClN3OS. The fraction of sp³-hybridized carbons (Fsp3) is 0.154. The van der Waals surface area contributed by atoms with Crippen LogP contribution in [-0.4, -0.2) is 15.0 Å². The second kappa shape index (κ2) is 8.77. The summed E-state index contributed by atoms with van der Waals surface area (Å²) >= 11 is 12.0. The van der Waals surface area contributed by atoms with E-state index in [1.165, 1.54) is 5.56 Å². The molecule has 4 aromatic rings. The molecule has 3 heterocycles. The molecule has 1 fully saturated rings. The smallest absolute Gasteiger partial charge is 0.170 e. The average Bonchev–Trinajstić information content (AvgIpc) is 3.42. The lowest BCUT2D eigenvalue weighted by molar-refractivity contribution is 0.269. The van der Waals surface area contributed by atoms with Crippen molar-refractivity contribution in [3.8, 4) is 11.3 Å². The van der Waals surface area contributed by atoms with Crippen LogP contribution in [0.25, 0.3) is 11.3 Å². The number of nitrogens with zero attached hydrogens (tertiary/aromatic N) is 2. The predicted octanol–water partition coefficient (Wildman–Crippen LogP) is 6.48. The number of aryl methyl sites for hydroxylation is 1. The average molecular weight is 460 g/mol. The largest absolute Gasteiger partial charge is 0.459 e. The van der Waals surface area contributed by atoms with Crippen LogP contribution in [0.5, 0.6) is 0 Å². The number of pyridine rings is 1. The van der Waals surface area contributed by atoms with E-state index in [-0.39, 0.29) is 12.1 Å². The van der Waals surface area contributed by atoms with E-state index in [0.717, 1.165) is 28.3 Å². The Morgan fingerprint density at radius 2 is 1.84 bits per heavy atom. The predicted molar refractivity (Wildman–Crippen MR) is 131 cm³/mol. The Labute approximate surface area is 197 Å². The standard InChI is InChI=1S/C26H22ClN3OS/c1-17-10-11-19(27)15-20(17)22-12-13-23(31-22)25-24(21-9-5-6-14-28-21)29-26(32)30(25)16-18-7-3-2-4-8-18/h2-15,24-25H,16H2,1H3,(H,29,32)/t24-,25-/m0/s1. The molecule has 1 saturated heterocycles. The van der Waals surface area contributed by atoms with Gasteiger partial charge in [-0.1, -0.05) is 54.1 Å². The van der Waals surface area contributed by atoms with Crippen LogP contribution in [-0.2, 0) is 6.54 Å². The van der Waals surface area contributed by atoms with Crippen LogP contribution in [0.3, 0.4) is 0 Å². The van der Waals surface area contributed by atoms with Crippen LogP contribution < -0.4 is 5.32 Å². The van der Waals surface area contributed by atoms with Crippen molar-refractivity contribution in [2.75, 3.05) is 0 Å². The van der Waals surface area contributed by atoms with Crippen molar-refractivity contribution in [3.05, 3.63) is 113 Å². The molecule has 1 aliphatic rings. The zero-order valence-corrected chi connectivity index (χ0v) is 19.1. The second-order valence-corrected chi connectivity index (χ2v) is 8.72. The van der Waals surface area contributed by atoms with E-state index < -0.39 is 0 Å². The molecule has 0 bridgehead atoms. The number of benzene rings is 2. The van der Waals surface area contributed by atoms with Gasteiger partial charge in [-0.2, -0.15) is 0 Å². The van der Waals surface area contributed by atoms with E-state index in [1.807, 2.05) is 66.7 Å². The quantitative estimate of drug-likeness (QED) is 0.346. The summed E-state index contributed by atoms with van der Waals surface area (Å²) in [5, 5.41) is 4.84. The highest BCUT2D eigenvalue weighted by molar-refractivity contribution is 7.80. The third-order valence-corrected chi connectivity index (χ3v) is 6.36. The van der Waals surface area contributed by atoms with Crippen LogP contribution in [0.1, 0.15) is 34.7 Å². The maximum absolute atomic E-state index is 6.43. The van der Waals surface area contributed by atoms with Crippen LogP contribution >= 0.6 is 23.8 Å². The van der Waals surface area contributed by atoms with Gasteiger partial charge in [-0.15, -0.1) is 0 Å². The summed E-state index contributed by atoms with van der Waals surface area (Å²) < 4.78 is 6.43. The normalized spacial score (nSPS) is 18.1. The van der Waals surface area contributed by atoms with Gasteiger partial charge in [0.15, 0.2) is 5.11 Å². The number of aromatic nitrogens is 1. The Morgan fingerprint density at radius 3 is 2.62 bits per heavy atom. The van der Waals surface area contributed by atoms with Crippen molar-refractivity contribution in [1.29, 1.82) is 0 Å². The number of furan rings is 1. The van der Waals surface area contributed by atoms with Gasteiger partial charge in [0.1, 0.15) is 17.6 Å². The lowest BCUT2D eigenvalue weighted by Gasteiger charge is -2.26. The summed E-state index contributed by atoms with van der Waals surface area (Å²) in [5.74, 6) is 1.62. The molecule has 1 aliphatic heterocycles. The van der Waals surface area contributed by atoms with Crippen LogP contribution in [0.4, 0.5) is 0 Å². The molecule has 2 atom stereocenters. The molecule has 0 unspecified atom stereocenters. The fourth-order valence-corrected chi connectivity index (χ4v) is 4.66. The van der Waals surface area contributed by atoms with Crippen LogP contribution in [0.2, 0.25) is 5.02 Å². The first-order valence-electron chi connectivity index (χ1n) is 10.5. The second-order valence-electron chi connectivity index (χ2n) is 7.90. The van der Waals surface area contributed by atoms with E-state index in [2.05, 4.69) is 34.3 Å². The van der Waals surface area contributed by atoms with E-state index in [1.54, 1.807) is 6.20 Å². The number of hydrogen-bond donors (Lipinski definition) is 1. The first kappa shape index (κ1) is 20.7. The summed E-state index contributed by atoms with van der Waals surface area (Å²) in [4.78, 5) is 6.77. The Kier molecular flexibility index (Phi) is 5.68. The van der Waals surface area contributed by atoms with E-state index in [4.69, 9.17) is 28.2 Å². The highest BCUT2D eigenvalue weighted by atomic mass is 35.5. The summed E-state index contributed by atoms with van der Waals surface area (Å²) in [7, 11) is 0.